The maximum atomic E-state index is 6.11. The number of rotatable bonds is 3. The van der Waals surface area contributed by atoms with Gasteiger partial charge in [-0.25, -0.2) is 0 Å². The molecule has 0 aliphatic rings. The molecule has 0 radical (unpaired) electrons. The van der Waals surface area contributed by atoms with E-state index < -0.39 is 0 Å². The van der Waals surface area contributed by atoms with Crippen LogP contribution in [0.5, 0.6) is 0 Å². The fourth-order valence-corrected chi connectivity index (χ4v) is 2.13. The van der Waals surface area contributed by atoms with E-state index in [4.69, 9.17) is 10.2 Å². The van der Waals surface area contributed by atoms with Gasteiger partial charge in [-0.15, -0.1) is 0 Å². The molecule has 1 aromatic carbocycles. The van der Waals surface area contributed by atoms with E-state index in [0.717, 1.165) is 16.9 Å². The van der Waals surface area contributed by atoms with E-state index in [1.165, 1.54) is 16.7 Å². The highest BCUT2D eigenvalue weighted by molar-refractivity contribution is 9.10. The van der Waals surface area contributed by atoms with E-state index in [1.54, 1.807) is 0 Å². The van der Waals surface area contributed by atoms with Gasteiger partial charge in [0.05, 0.1) is 6.04 Å². The van der Waals surface area contributed by atoms with Crippen molar-refractivity contribution in [3.63, 3.8) is 0 Å². The summed E-state index contributed by atoms with van der Waals surface area (Å²) in [6.45, 7) is 4.23. The van der Waals surface area contributed by atoms with Gasteiger partial charge in [0.25, 0.3) is 0 Å². The third-order valence-corrected chi connectivity index (χ3v) is 3.41. The van der Waals surface area contributed by atoms with E-state index in [9.17, 15) is 0 Å². The number of aryl methyl sites for hydroxylation is 2. The van der Waals surface area contributed by atoms with Crippen LogP contribution >= 0.6 is 15.9 Å². The summed E-state index contributed by atoms with van der Waals surface area (Å²) >= 11 is 3.28. The molecule has 0 bridgehead atoms. The Morgan fingerprint density at radius 1 is 1.18 bits per heavy atom. The van der Waals surface area contributed by atoms with Gasteiger partial charge in [-0.05, 0) is 65.0 Å². The second-order valence-corrected chi connectivity index (χ2v) is 5.15. The van der Waals surface area contributed by atoms with Gasteiger partial charge in [-0.1, -0.05) is 18.2 Å². The summed E-state index contributed by atoms with van der Waals surface area (Å²) in [5.41, 5.74) is 9.97. The minimum absolute atomic E-state index is 0.0941. The zero-order chi connectivity index (χ0) is 12.4. The van der Waals surface area contributed by atoms with E-state index in [2.05, 4.69) is 48.0 Å². The molecule has 0 saturated carbocycles. The lowest BCUT2D eigenvalue weighted by Crippen LogP contribution is -2.12. The summed E-state index contributed by atoms with van der Waals surface area (Å²) in [4.78, 5) is 0. The fourth-order valence-electron chi connectivity index (χ4n) is 1.81. The molecule has 0 saturated heterocycles. The summed E-state index contributed by atoms with van der Waals surface area (Å²) in [7, 11) is 0. The van der Waals surface area contributed by atoms with E-state index in [0.29, 0.717) is 0 Å². The van der Waals surface area contributed by atoms with E-state index in [1.807, 2.05) is 12.1 Å². The SMILES string of the molecule is Cc1ccc(CC(N)c2ccc(Br)o2)cc1C. The zero-order valence-electron chi connectivity index (χ0n) is 10.0. The first kappa shape index (κ1) is 12.4. The van der Waals surface area contributed by atoms with Crippen molar-refractivity contribution in [1.29, 1.82) is 0 Å². The van der Waals surface area contributed by atoms with Crippen molar-refractivity contribution in [2.45, 2.75) is 26.3 Å². The van der Waals surface area contributed by atoms with Crippen LogP contribution in [0.15, 0.2) is 39.4 Å². The van der Waals surface area contributed by atoms with Gasteiger partial charge in [-0.2, -0.15) is 0 Å². The van der Waals surface area contributed by atoms with Crippen LogP contribution in [0.2, 0.25) is 0 Å². The summed E-state index contributed by atoms with van der Waals surface area (Å²) in [5, 5.41) is 0. The summed E-state index contributed by atoms with van der Waals surface area (Å²) in [6, 6.07) is 10.1. The van der Waals surface area contributed by atoms with Gasteiger partial charge in [0.1, 0.15) is 5.76 Å². The normalized spacial score (nSPS) is 12.7. The van der Waals surface area contributed by atoms with Crippen molar-refractivity contribution >= 4 is 15.9 Å². The predicted molar refractivity (Wildman–Crippen MR) is 73.0 cm³/mol. The van der Waals surface area contributed by atoms with E-state index >= 15 is 0 Å². The molecule has 0 amide bonds. The third-order valence-electron chi connectivity index (χ3n) is 2.99. The van der Waals surface area contributed by atoms with Gasteiger partial charge in [-0.3, -0.25) is 0 Å². The van der Waals surface area contributed by atoms with Crippen LogP contribution in [0.25, 0.3) is 0 Å². The van der Waals surface area contributed by atoms with Gasteiger partial charge >= 0.3 is 0 Å². The standard InChI is InChI=1S/C14H16BrNO/c1-9-3-4-11(7-10(9)2)8-12(16)13-5-6-14(15)17-13/h3-7,12H,8,16H2,1-2H3. The molecule has 17 heavy (non-hydrogen) atoms. The maximum absolute atomic E-state index is 6.11. The number of benzene rings is 1. The first-order chi connectivity index (χ1) is 8.06. The Morgan fingerprint density at radius 3 is 2.53 bits per heavy atom. The maximum Gasteiger partial charge on any atom is 0.169 e. The Morgan fingerprint density at radius 2 is 1.94 bits per heavy atom. The zero-order valence-corrected chi connectivity index (χ0v) is 11.6. The molecule has 2 aromatic rings. The molecule has 90 valence electrons. The second-order valence-electron chi connectivity index (χ2n) is 4.37. The number of hydrogen-bond donors (Lipinski definition) is 1. The van der Waals surface area contributed by atoms with Crippen molar-refractivity contribution in [3.8, 4) is 0 Å². The van der Waals surface area contributed by atoms with Gasteiger partial charge in [0.15, 0.2) is 4.67 Å². The molecule has 2 rings (SSSR count). The Balaban J connectivity index is 2.12. The molecular formula is C14H16BrNO. The largest absolute Gasteiger partial charge is 0.453 e. The van der Waals surface area contributed by atoms with Crippen LogP contribution in [0.1, 0.15) is 28.5 Å². The van der Waals surface area contributed by atoms with Crippen LogP contribution in [0.4, 0.5) is 0 Å². The first-order valence-electron chi connectivity index (χ1n) is 5.63. The number of hydrogen-bond acceptors (Lipinski definition) is 2. The Kier molecular flexibility index (Phi) is 3.69. The van der Waals surface area contributed by atoms with Crippen molar-refractivity contribution in [2.24, 2.45) is 5.73 Å². The first-order valence-corrected chi connectivity index (χ1v) is 6.42. The van der Waals surface area contributed by atoms with Gasteiger partial charge < -0.3 is 10.2 Å². The Hall–Kier alpha value is -1.06. The van der Waals surface area contributed by atoms with Crippen LogP contribution < -0.4 is 5.73 Å². The quantitative estimate of drug-likeness (QED) is 0.932. The molecule has 2 nitrogen and oxygen atoms in total. The number of nitrogens with two attached hydrogens (primary N) is 1. The predicted octanol–water partition coefficient (Wildman–Crippen LogP) is 3.90. The molecule has 1 aromatic heterocycles. The Bertz CT molecular complexity index is 519. The molecule has 1 unspecified atom stereocenters. The Labute approximate surface area is 110 Å². The van der Waals surface area contributed by atoms with Crippen LogP contribution in [0, 0.1) is 13.8 Å². The monoisotopic (exact) mass is 293 g/mol. The number of halogens is 1. The smallest absolute Gasteiger partial charge is 0.169 e. The summed E-state index contributed by atoms with van der Waals surface area (Å²) in [6.07, 6.45) is 0.793. The highest BCUT2D eigenvalue weighted by atomic mass is 79.9. The van der Waals surface area contributed by atoms with Crippen LogP contribution in [0.3, 0.4) is 0 Å². The molecule has 0 aliphatic carbocycles. The molecule has 0 fully saturated rings. The second kappa shape index (κ2) is 5.07. The fraction of sp³-hybridized carbons (Fsp3) is 0.286. The minimum Gasteiger partial charge on any atom is -0.453 e. The molecule has 1 atom stereocenters. The van der Waals surface area contributed by atoms with Crippen molar-refractivity contribution in [3.05, 3.63) is 57.5 Å². The molecular weight excluding hydrogens is 278 g/mol. The van der Waals surface area contributed by atoms with Crippen molar-refractivity contribution in [2.75, 3.05) is 0 Å². The van der Waals surface area contributed by atoms with Crippen LogP contribution in [-0.4, -0.2) is 0 Å². The number of furan rings is 1. The lowest BCUT2D eigenvalue weighted by Gasteiger charge is -2.10. The minimum atomic E-state index is -0.0941. The summed E-state index contributed by atoms with van der Waals surface area (Å²) in [5.74, 6) is 0.815. The average molecular weight is 294 g/mol. The lowest BCUT2D eigenvalue weighted by molar-refractivity contribution is 0.448. The molecule has 0 spiro atoms. The molecule has 3 heteroatoms. The highest BCUT2D eigenvalue weighted by Gasteiger charge is 2.11. The summed E-state index contributed by atoms with van der Waals surface area (Å²) < 4.78 is 6.19. The van der Waals surface area contributed by atoms with E-state index in [-0.39, 0.29) is 6.04 Å². The topological polar surface area (TPSA) is 39.2 Å². The highest BCUT2D eigenvalue weighted by Crippen LogP contribution is 2.22. The molecule has 2 N–H and O–H groups in total. The van der Waals surface area contributed by atoms with Gasteiger partial charge in [0.2, 0.25) is 0 Å². The third kappa shape index (κ3) is 2.99. The lowest BCUT2D eigenvalue weighted by atomic mass is 10.0. The molecule has 1 heterocycles. The van der Waals surface area contributed by atoms with Crippen molar-refractivity contribution < 1.29 is 4.42 Å². The molecule has 0 aliphatic heterocycles. The average Bonchev–Trinajstić information content (AvgIpc) is 2.70. The van der Waals surface area contributed by atoms with Gasteiger partial charge in [0, 0.05) is 0 Å². The van der Waals surface area contributed by atoms with Crippen molar-refractivity contribution in [1.82, 2.24) is 0 Å². The van der Waals surface area contributed by atoms with Crippen LogP contribution in [-0.2, 0) is 6.42 Å².